The summed E-state index contributed by atoms with van der Waals surface area (Å²) >= 11 is 0. The Labute approximate surface area is 176 Å². The first kappa shape index (κ1) is 23.2. The van der Waals surface area contributed by atoms with Crippen molar-refractivity contribution in [3.8, 4) is 0 Å². The quantitative estimate of drug-likeness (QED) is 0.289. The van der Waals surface area contributed by atoms with Crippen molar-refractivity contribution in [1.29, 1.82) is 0 Å². The average Bonchev–Trinajstić information content (AvgIpc) is 3.15. The lowest BCUT2D eigenvalue weighted by Crippen LogP contribution is -2.25. The van der Waals surface area contributed by atoms with Crippen LogP contribution in [0.4, 0.5) is 0 Å². The maximum absolute atomic E-state index is 12.0. The summed E-state index contributed by atoms with van der Waals surface area (Å²) in [5.41, 5.74) is 2.40. The lowest BCUT2D eigenvalue weighted by atomic mass is 10.1. The first-order valence-electron chi connectivity index (χ1n) is 11.2. The van der Waals surface area contributed by atoms with Crippen LogP contribution in [0.25, 0.3) is 10.9 Å². The second kappa shape index (κ2) is 14.0. The van der Waals surface area contributed by atoms with Gasteiger partial charge in [-0.1, -0.05) is 69.4 Å². The maximum atomic E-state index is 12.0. The number of benzene rings is 1. The molecular formula is C25H38N2O2. The summed E-state index contributed by atoms with van der Waals surface area (Å²) in [7, 11) is 1.80. The molecule has 0 unspecified atom stereocenters. The number of ether oxygens (including phenoxy) is 1. The normalized spacial score (nSPS) is 12.6. The molecule has 1 atom stereocenters. The zero-order valence-electron chi connectivity index (χ0n) is 18.2. The van der Waals surface area contributed by atoms with Crippen molar-refractivity contribution in [1.82, 2.24) is 10.3 Å². The van der Waals surface area contributed by atoms with E-state index >= 15 is 0 Å². The highest BCUT2D eigenvalue weighted by atomic mass is 16.5. The zero-order chi connectivity index (χ0) is 20.7. The fourth-order valence-electron chi connectivity index (χ4n) is 3.65. The number of H-pyrrole nitrogens is 1. The number of fused-ring (bicyclic) bond motifs is 1. The van der Waals surface area contributed by atoms with E-state index in [-0.39, 0.29) is 5.91 Å². The highest BCUT2D eigenvalue weighted by Crippen LogP contribution is 2.17. The molecule has 0 fully saturated rings. The summed E-state index contributed by atoms with van der Waals surface area (Å²) in [4.78, 5) is 15.3. The number of allylic oxidation sites excluding steroid dienone is 1. The Bertz CT molecular complexity index is 735. The Kier molecular flexibility index (Phi) is 11.2. The molecule has 4 heteroatoms. The third kappa shape index (κ3) is 8.86. The van der Waals surface area contributed by atoms with Crippen LogP contribution in [0, 0.1) is 0 Å². The van der Waals surface area contributed by atoms with E-state index in [1.807, 2.05) is 18.3 Å². The molecule has 0 saturated heterocycles. The number of unbranched alkanes of at least 4 members (excludes halogenated alkanes) is 4. The zero-order valence-corrected chi connectivity index (χ0v) is 18.2. The van der Waals surface area contributed by atoms with Crippen LogP contribution in [0.5, 0.6) is 0 Å². The summed E-state index contributed by atoms with van der Waals surface area (Å²) in [6.45, 7) is 2.92. The van der Waals surface area contributed by atoms with E-state index in [1.54, 1.807) is 7.11 Å². The topological polar surface area (TPSA) is 54.1 Å². The molecule has 1 amide bonds. The smallest absolute Gasteiger partial charge is 0.220 e. The van der Waals surface area contributed by atoms with Gasteiger partial charge in [0.2, 0.25) is 5.91 Å². The number of para-hydroxylation sites is 1. The van der Waals surface area contributed by atoms with Crippen LogP contribution >= 0.6 is 0 Å². The molecule has 0 radical (unpaired) electrons. The van der Waals surface area contributed by atoms with Gasteiger partial charge in [0.1, 0.15) is 0 Å². The lowest BCUT2D eigenvalue weighted by molar-refractivity contribution is -0.120. The van der Waals surface area contributed by atoms with E-state index in [1.165, 1.54) is 43.1 Å². The fraction of sp³-hybridized carbons (Fsp3) is 0.560. The van der Waals surface area contributed by atoms with Gasteiger partial charge in [0.25, 0.3) is 0 Å². The number of aromatic nitrogens is 1. The first-order valence-corrected chi connectivity index (χ1v) is 11.2. The molecule has 4 nitrogen and oxygen atoms in total. The number of amides is 1. The highest BCUT2D eigenvalue weighted by Gasteiger charge is 2.06. The number of nitrogens with one attached hydrogen (secondary N) is 2. The van der Waals surface area contributed by atoms with Crippen molar-refractivity contribution in [2.24, 2.45) is 0 Å². The van der Waals surface area contributed by atoms with Crippen LogP contribution in [0.1, 0.15) is 70.3 Å². The minimum absolute atomic E-state index is 0.119. The van der Waals surface area contributed by atoms with Crippen molar-refractivity contribution in [2.45, 2.75) is 77.2 Å². The monoisotopic (exact) mass is 398 g/mol. The van der Waals surface area contributed by atoms with Gasteiger partial charge < -0.3 is 15.0 Å². The number of hydrogen-bond donors (Lipinski definition) is 2. The van der Waals surface area contributed by atoms with Crippen LogP contribution in [0.15, 0.2) is 42.6 Å². The van der Waals surface area contributed by atoms with Gasteiger partial charge >= 0.3 is 0 Å². The fourth-order valence-corrected chi connectivity index (χ4v) is 3.65. The molecule has 2 rings (SSSR count). The van der Waals surface area contributed by atoms with E-state index in [0.29, 0.717) is 19.1 Å². The van der Waals surface area contributed by atoms with Crippen molar-refractivity contribution >= 4 is 16.8 Å². The first-order chi connectivity index (χ1) is 14.2. The molecule has 0 aliphatic rings. The molecule has 160 valence electrons. The molecule has 29 heavy (non-hydrogen) atoms. The van der Waals surface area contributed by atoms with Crippen LogP contribution in [0.2, 0.25) is 0 Å². The molecular weight excluding hydrogens is 360 g/mol. The van der Waals surface area contributed by atoms with Gasteiger partial charge in [0, 0.05) is 37.2 Å². The Hall–Kier alpha value is -2.07. The lowest BCUT2D eigenvalue weighted by Gasteiger charge is -2.12. The third-order valence-electron chi connectivity index (χ3n) is 5.46. The van der Waals surface area contributed by atoms with Crippen molar-refractivity contribution in [3.63, 3.8) is 0 Å². The van der Waals surface area contributed by atoms with Crippen LogP contribution in [-0.2, 0) is 16.0 Å². The average molecular weight is 399 g/mol. The molecule has 1 heterocycles. The van der Waals surface area contributed by atoms with Gasteiger partial charge in [0.05, 0.1) is 6.10 Å². The van der Waals surface area contributed by atoms with E-state index in [0.717, 1.165) is 31.2 Å². The Morgan fingerprint density at radius 2 is 2.00 bits per heavy atom. The summed E-state index contributed by atoms with van der Waals surface area (Å²) in [5.74, 6) is 0.119. The minimum atomic E-state index is 0.119. The SMILES string of the molecule is CCCCCCC[C@@H](C/C=C/CCC(=O)NCCc1c[nH]c2ccccc12)OC. The molecule has 0 saturated carbocycles. The number of methoxy groups -OCH3 is 1. The van der Waals surface area contributed by atoms with E-state index in [9.17, 15) is 4.79 Å². The van der Waals surface area contributed by atoms with Crippen LogP contribution in [-0.4, -0.2) is 30.6 Å². The molecule has 1 aromatic carbocycles. The number of hydrogen-bond acceptors (Lipinski definition) is 2. The third-order valence-corrected chi connectivity index (χ3v) is 5.46. The molecule has 1 aromatic heterocycles. The van der Waals surface area contributed by atoms with Gasteiger partial charge in [0.15, 0.2) is 0 Å². The highest BCUT2D eigenvalue weighted by molar-refractivity contribution is 5.83. The molecule has 0 aliphatic carbocycles. The summed E-state index contributed by atoms with van der Waals surface area (Å²) in [5, 5.41) is 4.27. The molecule has 2 N–H and O–H groups in total. The number of aromatic amines is 1. The van der Waals surface area contributed by atoms with Gasteiger partial charge in [-0.05, 0) is 37.3 Å². The standard InChI is InChI=1S/C25H38N2O2/c1-3-4-5-6-8-13-22(29-2)14-9-7-10-17-25(28)26-19-18-21-20-27-24-16-12-11-15-23(21)24/h7,9,11-12,15-16,20,22,27H,3-6,8,10,13-14,17-19H2,1-2H3,(H,26,28)/b9-7+/t22-/m0/s1. The second-order valence-electron chi connectivity index (χ2n) is 7.77. The van der Waals surface area contributed by atoms with E-state index in [4.69, 9.17) is 4.74 Å². The van der Waals surface area contributed by atoms with Gasteiger partial charge in [-0.3, -0.25) is 4.79 Å². The van der Waals surface area contributed by atoms with Crippen molar-refractivity contribution in [3.05, 3.63) is 48.2 Å². The van der Waals surface area contributed by atoms with Crippen LogP contribution in [0.3, 0.4) is 0 Å². The summed E-state index contributed by atoms with van der Waals surface area (Å²) in [6.07, 6.45) is 17.3. The molecule has 0 aliphatic heterocycles. The molecule has 0 spiro atoms. The van der Waals surface area contributed by atoms with Gasteiger partial charge in [-0.15, -0.1) is 0 Å². The number of carbonyl (C=O) groups excluding carboxylic acids is 1. The van der Waals surface area contributed by atoms with E-state index < -0.39 is 0 Å². The predicted octanol–water partition coefficient (Wildman–Crippen LogP) is 5.93. The van der Waals surface area contributed by atoms with Crippen molar-refractivity contribution in [2.75, 3.05) is 13.7 Å². The van der Waals surface area contributed by atoms with Crippen LogP contribution < -0.4 is 5.32 Å². The van der Waals surface area contributed by atoms with Crippen molar-refractivity contribution < 1.29 is 9.53 Å². The number of carbonyl (C=O) groups is 1. The second-order valence-corrected chi connectivity index (χ2v) is 7.77. The van der Waals surface area contributed by atoms with Gasteiger partial charge in [-0.2, -0.15) is 0 Å². The van der Waals surface area contributed by atoms with E-state index in [2.05, 4.69) is 41.5 Å². The Morgan fingerprint density at radius 3 is 2.83 bits per heavy atom. The maximum Gasteiger partial charge on any atom is 0.220 e. The summed E-state index contributed by atoms with van der Waals surface area (Å²) in [6, 6.07) is 8.27. The molecule has 0 bridgehead atoms. The summed E-state index contributed by atoms with van der Waals surface area (Å²) < 4.78 is 5.57. The Balaban J connectivity index is 1.55. The van der Waals surface area contributed by atoms with Gasteiger partial charge in [-0.25, -0.2) is 0 Å². The minimum Gasteiger partial charge on any atom is -0.381 e. The molecule has 2 aromatic rings. The largest absolute Gasteiger partial charge is 0.381 e. The number of rotatable bonds is 15. The predicted molar refractivity (Wildman–Crippen MR) is 122 cm³/mol. The Morgan fingerprint density at radius 1 is 1.17 bits per heavy atom.